The zero-order valence-electron chi connectivity index (χ0n) is 13.0. The fraction of sp³-hybridized carbons (Fsp3) is 0.500. The lowest BCUT2D eigenvalue weighted by Crippen LogP contribution is -2.46. The summed E-state index contributed by atoms with van der Waals surface area (Å²) in [5, 5.41) is 9.31. The summed E-state index contributed by atoms with van der Waals surface area (Å²) in [5.41, 5.74) is 0.727. The van der Waals surface area contributed by atoms with Crippen LogP contribution in [0.4, 0.5) is 0 Å². The summed E-state index contributed by atoms with van der Waals surface area (Å²) in [6.07, 6.45) is -0.406. The van der Waals surface area contributed by atoms with Crippen molar-refractivity contribution in [2.75, 3.05) is 26.3 Å². The first-order valence-electron chi connectivity index (χ1n) is 7.52. The number of carbonyl (C=O) groups excluding carboxylic acids is 1. The van der Waals surface area contributed by atoms with E-state index in [1.807, 2.05) is 13.0 Å². The van der Waals surface area contributed by atoms with E-state index in [2.05, 4.69) is 0 Å². The van der Waals surface area contributed by atoms with Gasteiger partial charge in [-0.3, -0.25) is 9.59 Å². The molecule has 6 nitrogen and oxygen atoms in total. The molecule has 1 atom stereocenters. The number of nitrogens with zero attached hydrogens (tertiary/aromatic N) is 1. The van der Waals surface area contributed by atoms with Gasteiger partial charge in [-0.1, -0.05) is 23.7 Å². The number of ether oxygens (including phenoxy) is 2. The average Bonchev–Trinajstić information content (AvgIpc) is 2.50. The quantitative estimate of drug-likeness (QED) is 0.856. The van der Waals surface area contributed by atoms with Crippen molar-refractivity contribution in [3.8, 4) is 5.75 Å². The summed E-state index contributed by atoms with van der Waals surface area (Å²) in [4.78, 5) is 24.9. The molecule has 1 heterocycles. The van der Waals surface area contributed by atoms with E-state index in [9.17, 15) is 9.59 Å². The molecule has 1 fully saturated rings. The van der Waals surface area contributed by atoms with Gasteiger partial charge >= 0.3 is 5.97 Å². The van der Waals surface area contributed by atoms with Gasteiger partial charge in [0.1, 0.15) is 5.75 Å². The lowest BCUT2D eigenvalue weighted by atomic mass is 10.1. The molecule has 0 saturated carbocycles. The van der Waals surface area contributed by atoms with E-state index in [0.717, 1.165) is 5.56 Å². The molecule has 23 heavy (non-hydrogen) atoms. The smallest absolute Gasteiger partial charge is 0.306 e. The number of carbonyl (C=O) groups is 2. The van der Waals surface area contributed by atoms with E-state index in [-0.39, 0.29) is 25.3 Å². The van der Waals surface area contributed by atoms with Crippen molar-refractivity contribution in [2.24, 2.45) is 0 Å². The van der Waals surface area contributed by atoms with Crippen molar-refractivity contribution in [1.29, 1.82) is 0 Å². The maximum atomic E-state index is 12.5. The summed E-state index contributed by atoms with van der Waals surface area (Å²) < 4.78 is 10.9. The Labute approximate surface area is 139 Å². The highest BCUT2D eigenvalue weighted by atomic mass is 35.5. The van der Waals surface area contributed by atoms with Crippen LogP contribution in [0, 0.1) is 0 Å². The maximum Gasteiger partial charge on any atom is 0.306 e. The highest BCUT2D eigenvalue weighted by Gasteiger charge is 2.26. The Morgan fingerprint density at radius 2 is 2.26 bits per heavy atom. The number of carboxylic acids is 1. The fourth-order valence-corrected chi connectivity index (χ4v) is 2.79. The van der Waals surface area contributed by atoms with Crippen molar-refractivity contribution in [3.05, 3.63) is 28.8 Å². The van der Waals surface area contributed by atoms with E-state index in [4.69, 9.17) is 26.2 Å². The third-order valence-corrected chi connectivity index (χ3v) is 3.87. The molecule has 1 aromatic carbocycles. The predicted molar refractivity (Wildman–Crippen MR) is 84.9 cm³/mol. The number of morpholine rings is 1. The van der Waals surface area contributed by atoms with Crippen LogP contribution in [-0.4, -0.2) is 54.3 Å². The minimum atomic E-state index is -0.933. The minimum Gasteiger partial charge on any atom is -0.492 e. The van der Waals surface area contributed by atoms with Gasteiger partial charge in [-0.05, 0) is 13.0 Å². The van der Waals surface area contributed by atoms with Gasteiger partial charge < -0.3 is 19.5 Å². The van der Waals surface area contributed by atoms with Crippen LogP contribution in [0.1, 0.15) is 18.9 Å². The van der Waals surface area contributed by atoms with Gasteiger partial charge in [0, 0.05) is 18.7 Å². The summed E-state index contributed by atoms with van der Waals surface area (Å²) in [5.74, 6) is -0.495. The fourth-order valence-electron chi connectivity index (χ4n) is 2.54. The highest BCUT2D eigenvalue weighted by molar-refractivity contribution is 6.32. The van der Waals surface area contributed by atoms with Gasteiger partial charge in [-0.15, -0.1) is 0 Å². The molecule has 0 aromatic heterocycles. The number of hydrogen-bond acceptors (Lipinski definition) is 4. The Morgan fingerprint density at radius 3 is 2.96 bits per heavy atom. The molecular formula is C16H20ClNO5. The third kappa shape index (κ3) is 4.84. The number of halogens is 1. The Morgan fingerprint density at radius 1 is 1.48 bits per heavy atom. The first-order valence-corrected chi connectivity index (χ1v) is 7.90. The van der Waals surface area contributed by atoms with Gasteiger partial charge in [-0.25, -0.2) is 0 Å². The average molecular weight is 342 g/mol. The Kier molecular flexibility index (Phi) is 6.24. The van der Waals surface area contributed by atoms with Crippen LogP contribution >= 0.6 is 11.6 Å². The second-order valence-electron chi connectivity index (χ2n) is 5.27. The molecule has 0 radical (unpaired) electrons. The predicted octanol–water partition coefficient (Wildman–Crippen LogP) is 1.98. The van der Waals surface area contributed by atoms with Crippen molar-refractivity contribution < 1.29 is 24.2 Å². The molecule has 1 aliphatic heterocycles. The minimum absolute atomic E-state index is 0.0908. The molecule has 0 bridgehead atoms. The first kappa shape index (κ1) is 17.6. The van der Waals surface area contributed by atoms with Crippen LogP contribution in [-0.2, 0) is 20.7 Å². The number of para-hydroxylation sites is 1. The molecule has 126 valence electrons. The van der Waals surface area contributed by atoms with E-state index in [1.165, 1.54) is 0 Å². The Balaban J connectivity index is 2.04. The van der Waals surface area contributed by atoms with Crippen LogP contribution in [0.25, 0.3) is 0 Å². The zero-order chi connectivity index (χ0) is 16.8. The van der Waals surface area contributed by atoms with Gasteiger partial charge in [-0.2, -0.15) is 0 Å². The van der Waals surface area contributed by atoms with Crippen LogP contribution in [0.3, 0.4) is 0 Å². The van der Waals surface area contributed by atoms with Gasteiger partial charge in [0.15, 0.2) is 0 Å². The number of aliphatic carboxylic acids is 1. The van der Waals surface area contributed by atoms with Crippen molar-refractivity contribution in [2.45, 2.75) is 25.9 Å². The Hall–Kier alpha value is -1.79. The number of carboxylic acid groups (broad SMARTS) is 1. The van der Waals surface area contributed by atoms with Gasteiger partial charge in [0.2, 0.25) is 5.91 Å². The summed E-state index contributed by atoms with van der Waals surface area (Å²) in [6, 6.07) is 5.31. The second kappa shape index (κ2) is 8.17. The summed E-state index contributed by atoms with van der Waals surface area (Å²) in [7, 11) is 0. The van der Waals surface area contributed by atoms with Gasteiger partial charge in [0.25, 0.3) is 0 Å². The number of hydrogen-bond donors (Lipinski definition) is 1. The number of benzene rings is 1. The summed E-state index contributed by atoms with van der Waals surface area (Å²) >= 11 is 6.12. The molecule has 2 rings (SSSR count). The molecule has 0 aliphatic carbocycles. The van der Waals surface area contributed by atoms with Crippen LogP contribution in [0.2, 0.25) is 5.02 Å². The highest BCUT2D eigenvalue weighted by Crippen LogP contribution is 2.29. The normalized spacial score (nSPS) is 17.8. The molecular weight excluding hydrogens is 322 g/mol. The maximum absolute atomic E-state index is 12.5. The molecule has 1 aliphatic rings. The summed E-state index contributed by atoms with van der Waals surface area (Å²) in [6.45, 7) is 3.41. The lowest BCUT2D eigenvalue weighted by Gasteiger charge is -2.32. The molecule has 1 aromatic rings. The SMILES string of the molecule is CCOc1c(Cl)cccc1CC(=O)N1CCOC(CC(=O)O)C1. The molecule has 1 N–H and O–H groups in total. The molecule has 0 spiro atoms. The van der Waals surface area contributed by atoms with Crippen molar-refractivity contribution in [1.82, 2.24) is 4.90 Å². The monoisotopic (exact) mass is 341 g/mol. The molecule has 1 unspecified atom stereocenters. The Bertz CT molecular complexity index is 578. The second-order valence-corrected chi connectivity index (χ2v) is 5.68. The number of rotatable bonds is 6. The van der Waals surface area contributed by atoms with Crippen LogP contribution in [0.15, 0.2) is 18.2 Å². The van der Waals surface area contributed by atoms with Gasteiger partial charge in [0.05, 0.1) is 37.2 Å². The zero-order valence-corrected chi connectivity index (χ0v) is 13.7. The van der Waals surface area contributed by atoms with E-state index >= 15 is 0 Å². The standard InChI is InChI=1S/C16H20ClNO5/c1-2-22-16-11(4-3-5-13(16)17)8-14(19)18-6-7-23-12(10-18)9-15(20)21/h3-5,12H,2,6-10H2,1H3,(H,20,21). The topological polar surface area (TPSA) is 76.1 Å². The van der Waals surface area contributed by atoms with Crippen LogP contribution in [0.5, 0.6) is 5.75 Å². The van der Waals surface area contributed by atoms with E-state index in [1.54, 1.807) is 17.0 Å². The lowest BCUT2D eigenvalue weighted by molar-refractivity contribution is -0.147. The van der Waals surface area contributed by atoms with Crippen LogP contribution < -0.4 is 4.74 Å². The largest absolute Gasteiger partial charge is 0.492 e. The molecule has 7 heteroatoms. The van der Waals surface area contributed by atoms with Crippen molar-refractivity contribution >= 4 is 23.5 Å². The molecule has 1 saturated heterocycles. The van der Waals surface area contributed by atoms with Crippen molar-refractivity contribution in [3.63, 3.8) is 0 Å². The molecule has 1 amide bonds. The van der Waals surface area contributed by atoms with E-state index < -0.39 is 12.1 Å². The number of amides is 1. The first-order chi connectivity index (χ1) is 11.0. The third-order valence-electron chi connectivity index (χ3n) is 3.57. The van der Waals surface area contributed by atoms with E-state index in [0.29, 0.717) is 30.5 Å².